The van der Waals surface area contributed by atoms with Crippen LogP contribution in [0.2, 0.25) is 0 Å². The average molecular weight is 414 g/mol. The number of halogens is 4. The number of likely N-dealkylation sites (tertiary alicyclic amines) is 1. The van der Waals surface area contributed by atoms with Gasteiger partial charge in [0.05, 0.1) is 0 Å². The molecule has 3 aliphatic heterocycles. The smallest absolute Gasteiger partial charge is 0.253 e. The summed E-state index contributed by atoms with van der Waals surface area (Å²) >= 11 is 6.60. The molecule has 2 atom stereocenters. The van der Waals surface area contributed by atoms with Gasteiger partial charge in [0.15, 0.2) is 5.82 Å². The van der Waals surface area contributed by atoms with Crippen molar-refractivity contribution in [3.05, 3.63) is 46.7 Å². The fourth-order valence-corrected chi connectivity index (χ4v) is 4.31. The van der Waals surface area contributed by atoms with Gasteiger partial charge in [-0.05, 0) is 37.8 Å². The van der Waals surface area contributed by atoms with Gasteiger partial charge in [-0.25, -0.2) is 4.39 Å². The van der Waals surface area contributed by atoms with Crippen LogP contribution in [0, 0.1) is 24.5 Å². The molecule has 2 unspecified atom stereocenters. The molecule has 4 rings (SSSR count). The number of pyridine rings is 1. The molecule has 1 fully saturated rings. The Kier molecular flexibility index (Phi) is 5.53. The molecule has 0 aromatic carbocycles. The third-order valence-corrected chi connectivity index (χ3v) is 5.95. The predicted octanol–water partition coefficient (Wildman–Crippen LogP) is 3.31. The second-order valence-electron chi connectivity index (χ2n) is 7.35. The van der Waals surface area contributed by atoms with Gasteiger partial charge in [0.25, 0.3) is 5.95 Å². The lowest BCUT2D eigenvalue weighted by atomic mass is 10.1. The minimum absolute atomic E-state index is 0.0249. The van der Waals surface area contributed by atoms with Crippen LogP contribution in [0.1, 0.15) is 31.2 Å². The Morgan fingerprint density at radius 2 is 1.86 bits per heavy atom. The zero-order valence-corrected chi connectivity index (χ0v) is 16.4. The molecule has 0 amide bonds. The van der Waals surface area contributed by atoms with E-state index in [9.17, 15) is 13.2 Å². The Morgan fingerprint density at radius 3 is 2.61 bits per heavy atom. The number of alkyl halides is 1. The van der Waals surface area contributed by atoms with E-state index >= 15 is 0 Å². The van der Waals surface area contributed by atoms with Crippen LogP contribution in [0.4, 0.5) is 19.0 Å². The van der Waals surface area contributed by atoms with Gasteiger partial charge >= 0.3 is 0 Å². The molecule has 3 aliphatic rings. The average Bonchev–Trinajstić information content (AvgIpc) is 2.93. The highest BCUT2D eigenvalue weighted by Crippen LogP contribution is 2.29. The summed E-state index contributed by atoms with van der Waals surface area (Å²) in [6, 6.07) is 0. The summed E-state index contributed by atoms with van der Waals surface area (Å²) < 4.78 is 41.0. The number of rotatable bonds is 2. The normalized spacial score (nSPS) is 26.1. The first-order valence-corrected chi connectivity index (χ1v) is 9.99. The van der Waals surface area contributed by atoms with Crippen molar-refractivity contribution in [1.82, 2.24) is 20.5 Å². The van der Waals surface area contributed by atoms with Crippen LogP contribution in [-0.2, 0) is 0 Å². The van der Waals surface area contributed by atoms with Crippen molar-refractivity contribution < 1.29 is 13.2 Å². The van der Waals surface area contributed by atoms with E-state index in [4.69, 9.17) is 11.6 Å². The van der Waals surface area contributed by atoms with Crippen molar-refractivity contribution in [2.24, 2.45) is 0 Å². The molecule has 0 aliphatic carbocycles. The van der Waals surface area contributed by atoms with Crippen molar-refractivity contribution in [1.29, 1.82) is 0 Å². The van der Waals surface area contributed by atoms with Crippen molar-refractivity contribution in [3.8, 4) is 0 Å². The zero-order chi connectivity index (χ0) is 19.8. The van der Waals surface area contributed by atoms with Gasteiger partial charge in [-0.3, -0.25) is 10.2 Å². The fourth-order valence-electron chi connectivity index (χ4n) is 3.96. The standard InChI is InChI=1S/C19H23ClF3N5/c1-11-14(21)15(22)17(23)26-18(11)27-9-5-12-13(6-10-27)24-19(25-16(12)20)28-7-3-2-4-8-28/h6,10,16,19,24-25H,2-5,7-9H2,1H3. The lowest BCUT2D eigenvalue weighted by Crippen LogP contribution is -2.60. The topological polar surface area (TPSA) is 43.4 Å². The van der Waals surface area contributed by atoms with Gasteiger partial charge in [-0.15, -0.1) is 11.6 Å². The van der Waals surface area contributed by atoms with Gasteiger partial charge in [0.1, 0.15) is 17.6 Å². The predicted molar refractivity (Wildman–Crippen MR) is 102 cm³/mol. The van der Waals surface area contributed by atoms with Crippen molar-refractivity contribution >= 4 is 17.4 Å². The molecule has 1 saturated heterocycles. The minimum atomic E-state index is -1.55. The Labute approximate surface area is 167 Å². The summed E-state index contributed by atoms with van der Waals surface area (Å²) in [6.45, 7) is 3.82. The van der Waals surface area contributed by atoms with Gasteiger partial charge in [-0.2, -0.15) is 13.8 Å². The summed E-state index contributed by atoms with van der Waals surface area (Å²) in [4.78, 5) is 7.57. The van der Waals surface area contributed by atoms with Gasteiger partial charge < -0.3 is 10.2 Å². The van der Waals surface area contributed by atoms with Crippen LogP contribution < -0.4 is 15.5 Å². The number of anilines is 1. The molecule has 1 aromatic heterocycles. The Balaban J connectivity index is 1.56. The highest BCUT2D eigenvalue weighted by atomic mass is 35.5. The van der Waals surface area contributed by atoms with Gasteiger partial charge in [0.2, 0.25) is 5.82 Å². The van der Waals surface area contributed by atoms with E-state index in [1.807, 2.05) is 6.08 Å². The molecule has 1 aromatic rings. The van der Waals surface area contributed by atoms with E-state index in [0.29, 0.717) is 13.0 Å². The maximum atomic E-state index is 14.0. The Hall–Kier alpha value is -1.77. The van der Waals surface area contributed by atoms with Crippen LogP contribution in [0.15, 0.2) is 23.5 Å². The number of allylic oxidation sites excluding steroid dienone is 1. The second kappa shape index (κ2) is 7.93. The van der Waals surface area contributed by atoms with E-state index in [2.05, 4.69) is 20.5 Å². The van der Waals surface area contributed by atoms with E-state index in [1.165, 1.54) is 13.3 Å². The number of hydrogen-bond donors (Lipinski definition) is 2. The van der Waals surface area contributed by atoms with Crippen molar-refractivity contribution in [2.75, 3.05) is 24.5 Å². The fraction of sp³-hybridized carbons (Fsp3) is 0.526. The van der Waals surface area contributed by atoms with Gasteiger partial charge in [-0.1, -0.05) is 6.42 Å². The zero-order valence-electron chi connectivity index (χ0n) is 15.6. The number of nitrogens with zero attached hydrogens (tertiary/aromatic N) is 3. The molecule has 0 spiro atoms. The number of nitrogens with one attached hydrogen (secondary N) is 2. The van der Waals surface area contributed by atoms with Gasteiger partial charge in [0, 0.05) is 37.1 Å². The lowest BCUT2D eigenvalue weighted by molar-refractivity contribution is 0.112. The molecule has 5 nitrogen and oxygen atoms in total. The highest BCUT2D eigenvalue weighted by molar-refractivity contribution is 6.22. The van der Waals surface area contributed by atoms with Crippen LogP contribution in [0.5, 0.6) is 0 Å². The highest BCUT2D eigenvalue weighted by Gasteiger charge is 2.31. The lowest BCUT2D eigenvalue weighted by Gasteiger charge is -2.41. The molecular formula is C19H23ClF3N5. The molecule has 0 radical (unpaired) electrons. The van der Waals surface area contributed by atoms with E-state index in [1.54, 1.807) is 11.1 Å². The Bertz CT molecular complexity index is 822. The first-order valence-electron chi connectivity index (χ1n) is 9.55. The molecule has 0 saturated carbocycles. The molecule has 4 heterocycles. The molecular weight excluding hydrogens is 391 g/mol. The van der Waals surface area contributed by atoms with Crippen molar-refractivity contribution in [2.45, 2.75) is 44.4 Å². The Morgan fingerprint density at radius 1 is 1.11 bits per heavy atom. The third kappa shape index (κ3) is 3.60. The van der Waals surface area contributed by atoms with Crippen LogP contribution >= 0.6 is 11.6 Å². The molecule has 9 heteroatoms. The summed E-state index contributed by atoms with van der Waals surface area (Å²) in [5, 5.41) is 6.87. The molecule has 2 N–H and O–H groups in total. The third-order valence-electron chi connectivity index (χ3n) is 5.56. The number of hydrogen-bond acceptors (Lipinski definition) is 5. The largest absolute Gasteiger partial charge is 0.357 e. The SMILES string of the molecule is Cc1c(N2C=CC3=C(CC2)C(Cl)NC(N2CCCCC2)N3)nc(F)c(F)c1F. The maximum Gasteiger partial charge on any atom is 0.253 e. The summed E-state index contributed by atoms with van der Waals surface area (Å²) in [6.07, 6.45) is 7.64. The summed E-state index contributed by atoms with van der Waals surface area (Å²) in [5.74, 6) is -4.13. The second-order valence-corrected chi connectivity index (χ2v) is 7.79. The van der Waals surface area contributed by atoms with Crippen LogP contribution in [0.25, 0.3) is 0 Å². The molecule has 28 heavy (non-hydrogen) atoms. The van der Waals surface area contributed by atoms with E-state index < -0.39 is 17.6 Å². The molecule has 152 valence electrons. The van der Waals surface area contributed by atoms with Crippen LogP contribution in [0.3, 0.4) is 0 Å². The maximum absolute atomic E-state index is 14.0. The quantitative estimate of drug-likeness (QED) is 0.442. The monoisotopic (exact) mass is 413 g/mol. The van der Waals surface area contributed by atoms with Crippen LogP contribution in [-0.4, -0.2) is 41.3 Å². The number of aromatic nitrogens is 1. The summed E-state index contributed by atoms with van der Waals surface area (Å²) in [7, 11) is 0. The first-order chi connectivity index (χ1) is 13.5. The first kappa shape index (κ1) is 19.5. The number of piperidine rings is 1. The molecule has 0 bridgehead atoms. The van der Waals surface area contributed by atoms with Crippen molar-refractivity contribution in [3.63, 3.8) is 0 Å². The summed E-state index contributed by atoms with van der Waals surface area (Å²) in [5.41, 5.74) is 1.51. The minimum Gasteiger partial charge on any atom is -0.357 e. The van der Waals surface area contributed by atoms with E-state index in [0.717, 1.165) is 37.2 Å². The van der Waals surface area contributed by atoms with E-state index in [-0.39, 0.29) is 23.2 Å².